The highest BCUT2D eigenvalue weighted by Crippen LogP contribution is 2.21. The Balaban J connectivity index is 1.89. The first-order valence-electron chi connectivity index (χ1n) is 6.39. The van der Waals surface area contributed by atoms with Gasteiger partial charge in [0.25, 0.3) is 0 Å². The first-order valence-corrected chi connectivity index (χ1v) is 6.39. The van der Waals surface area contributed by atoms with Crippen LogP contribution in [0.2, 0.25) is 0 Å². The van der Waals surface area contributed by atoms with Crippen molar-refractivity contribution in [3.63, 3.8) is 0 Å². The van der Waals surface area contributed by atoms with Crippen LogP contribution >= 0.6 is 0 Å². The van der Waals surface area contributed by atoms with Gasteiger partial charge in [0.05, 0.1) is 6.10 Å². The van der Waals surface area contributed by atoms with Crippen molar-refractivity contribution in [1.82, 2.24) is 5.32 Å². The maximum Gasteiger partial charge on any atom is 0.127 e. The number of rotatable bonds is 4. The lowest BCUT2D eigenvalue weighted by atomic mass is 9.92. The summed E-state index contributed by atoms with van der Waals surface area (Å²) in [5.74, 6) is -0.755. The summed E-state index contributed by atoms with van der Waals surface area (Å²) < 4.78 is 31.8. The first kappa shape index (κ1) is 13.4. The van der Waals surface area contributed by atoms with Gasteiger partial charge in [-0.15, -0.1) is 0 Å². The summed E-state index contributed by atoms with van der Waals surface area (Å²) in [5, 5.41) is 3.28. The van der Waals surface area contributed by atoms with E-state index in [4.69, 9.17) is 4.74 Å². The molecule has 0 amide bonds. The Morgan fingerprint density at radius 2 is 2.17 bits per heavy atom. The van der Waals surface area contributed by atoms with E-state index in [0.717, 1.165) is 31.7 Å². The van der Waals surface area contributed by atoms with Crippen LogP contribution in [-0.4, -0.2) is 19.3 Å². The van der Waals surface area contributed by atoms with Gasteiger partial charge in [0.2, 0.25) is 0 Å². The molecule has 2 nitrogen and oxygen atoms in total. The fourth-order valence-corrected chi connectivity index (χ4v) is 2.48. The van der Waals surface area contributed by atoms with E-state index < -0.39 is 5.82 Å². The lowest BCUT2D eigenvalue weighted by molar-refractivity contribution is 0.0586. The molecule has 0 aliphatic heterocycles. The Hall–Kier alpha value is -1.00. The van der Waals surface area contributed by atoms with Crippen molar-refractivity contribution in [2.45, 2.75) is 44.4 Å². The number of benzene rings is 1. The quantitative estimate of drug-likeness (QED) is 0.893. The van der Waals surface area contributed by atoms with E-state index in [0.29, 0.717) is 18.2 Å². The van der Waals surface area contributed by atoms with Crippen molar-refractivity contribution >= 4 is 0 Å². The predicted octanol–water partition coefficient (Wildman–Crippen LogP) is 3.01. The van der Waals surface area contributed by atoms with Crippen molar-refractivity contribution in [2.24, 2.45) is 0 Å². The Morgan fingerprint density at radius 3 is 2.94 bits per heavy atom. The molecule has 1 aliphatic rings. The number of hydrogen-bond acceptors (Lipinski definition) is 2. The summed E-state index contributed by atoms with van der Waals surface area (Å²) in [6.07, 6.45) is 4.49. The van der Waals surface area contributed by atoms with E-state index in [-0.39, 0.29) is 11.9 Å². The zero-order valence-corrected chi connectivity index (χ0v) is 10.6. The van der Waals surface area contributed by atoms with Gasteiger partial charge in [0, 0.05) is 25.3 Å². The molecule has 0 aromatic heterocycles. The fraction of sp³-hybridized carbons (Fsp3) is 0.571. The molecule has 0 saturated heterocycles. The molecule has 2 atom stereocenters. The molecule has 4 heteroatoms. The molecule has 1 aromatic carbocycles. The molecule has 2 rings (SSSR count). The van der Waals surface area contributed by atoms with Gasteiger partial charge >= 0.3 is 0 Å². The van der Waals surface area contributed by atoms with E-state index in [1.807, 2.05) is 0 Å². The predicted molar refractivity (Wildman–Crippen MR) is 66.3 cm³/mol. The third kappa shape index (κ3) is 3.50. The number of halogens is 2. The summed E-state index contributed by atoms with van der Waals surface area (Å²) in [5.41, 5.74) is 0.384. The third-order valence-electron chi connectivity index (χ3n) is 3.55. The zero-order valence-electron chi connectivity index (χ0n) is 10.6. The van der Waals surface area contributed by atoms with Gasteiger partial charge in [-0.25, -0.2) is 8.78 Å². The van der Waals surface area contributed by atoms with Gasteiger partial charge in [-0.1, -0.05) is 0 Å². The van der Waals surface area contributed by atoms with Crippen LogP contribution in [0.1, 0.15) is 31.2 Å². The molecule has 0 spiro atoms. The van der Waals surface area contributed by atoms with E-state index in [1.165, 1.54) is 12.1 Å². The van der Waals surface area contributed by atoms with E-state index in [2.05, 4.69) is 5.32 Å². The highest BCUT2D eigenvalue weighted by atomic mass is 19.1. The molecule has 2 unspecified atom stereocenters. The molecule has 1 saturated carbocycles. The summed E-state index contributed by atoms with van der Waals surface area (Å²) in [6.45, 7) is 0.366. The average Bonchev–Trinajstić information content (AvgIpc) is 2.40. The summed E-state index contributed by atoms with van der Waals surface area (Å²) in [7, 11) is 1.72. The van der Waals surface area contributed by atoms with Crippen LogP contribution in [0.5, 0.6) is 0 Å². The van der Waals surface area contributed by atoms with Crippen LogP contribution in [0.4, 0.5) is 8.78 Å². The van der Waals surface area contributed by atoms with E-state index >= 15 is 0 Å². The molecule has 0 radical (unpaired) electrons. The van der Waals surface area contributed by atoms with Crippen molar-refractivity contribution < 1.29 is 13.5 Å². The maximum atomic E-state index is 13.4. The Bertz CT molecular complexity index is 397. The van der Waals surface area contributed by atoms with Crippen LogP contribution in [-0.2, 0) is 11.3 Å². The molecule has 0 heterocycles. The lowest BCUT2D eigenvalue weighted by Crippen LogP contribution is -2.36. The van der Waals surface area contributed by atoms with Gasteiger partial charge in [-0.2, -0.15) is 0 Å². The minimum atomic E-state index is -0.397. The van der Waals surface area contributed by atoms with Crippen molar-refractivity contribution in [3.8, 4) is 0 Å². The first-order chi connectivity index (χ1) is 8.69. The summed E-state index contributed by atoms with van der Waals surface area (Å²) >= 11 is 0. The second-order valence-corrected chi connectivity index (χ2v) is 4.84. The van der Waals surface area contributed by atoms with Crippen molar-refractivity contribution in [3.05, 3.63) is 35.4 Å². The molecule has 1 fully saturated rings. The Kier molecular flexibility index (Phi) is 4.66. The molecular weight excluding hydrogens is 236 g/mol. The molecule has 1 N–H and O–H groups in total. The van der Waals surface area contributed by atoms with Gasteiger partial charge in [-0.3, -0.25) is 0 Å². The van der Waals surface area contributed by atoms with E-state index in [1.54, 1.807) is 7.11 Å². The van der Waals surface area contributed by atoms with Crippen molar-refractivity contribution in [1.29, 1.82) is 0 Å². The fourth-order valence-electron chi connectivity index (χ4n) is 2.48. The second-order valence-electron chi connectivity index (χ2n) is 4.84. The standard InChI is InChI=1S/C14H19F2NO/c1-18-13-4-2-3-12(8-13)17-9-10-7-11(15)5-6-14(10)16/h5-7,12-13,17H,2-4,8-9H2,1H3. The highest BCUT2D eigenvalue weighted by molar-refractivity contribution is 5.18. The third-order valence-corrected chi connectivity index (χ3v) is 3.55. The molecule has 1 aromatic rings. The Labute approximate surface area is 106 Å². The van der Waals surface area contributed by atoms with Crippen LogP contribution < -0.4 is 5.32 Å². The second kappa shape index (κ2) is 6.25. The van der Waals surface area contributed by atoms with E-state index in [9.17, 15) is 8.78 Å². The average molecular weight is 255 g/mol. The molecule has 1 aliphatic carbocycles. The monoisotopic (exact) mass is 255 g/mol. The van der Waals surface area contributed by atoms with Gasteiger partial charge < -0.3 is 10.1 Å². The number of nitrogens with one attached hydrogen (secondary N) is 1. The van der Waals surface area contributed by atoms with Gasteiger partial charge in [-0.05, 0) is 43.9 Å². The molecule has 0 bridgehead atoms. The summed E-state index contributed by atoms with van der Waals surface area (Å²) in [4.78, 5) is 0. The topological polar surface area (TPSA) is 21.3 Å². The van der Waals surface area contributed by atoms with Crippen molar-refractivity contribution in [2.75, 3.05) is 7.11 Å². The number of hydrogen-bond donors (Lipinski definition) is 1. The minimum Gasteiger partial charge on any atom is -0.381 e. The van der Waals surface area contributed by atoms with Crippen LogP contribution in [0.25, 0.3) is 0 Å². The normalized spacial score (nSPS) is 24.2. The lowest BCUT2D eigenvalue weighted by Gasteiger charge is -2.29. The largest absolute Gasteiger partial charge is 0.381 e. The Morgan fingerprint density at radius 1 is 1.33 bits per heavy atom. The van der Waals surface area contributed by atoms with Crippen LogP contribution in [0.3, 0.4) is 0 Å². The smallest absolute Gasteiger partial charge is 0.127 e. The minimum absolute atomic E-state index is 0.286. The molecular formula is C14H19F2NO. The van der Waals surface area contributed by atoms with Gasteiger partial charge in [0.1, 0.15) is 11.6 Å². The highest BCUT2D eigenvalue weighted by Gasteiger charge is 2.21. The molecule has 18 heavy (non-hydrogen) atoms. The zero-order chi connectivity index (χ0) is 13.0. The van der Waals surface area contributed by atoms with Crippen LogP contribution in [0.15, 0.2) is 18.2 Å². The van der Waals surface area contributed by atoms with Gasteiger partial charge in [0.15, 0.2) is 0 Å². The number of methoxy groups -OCH3 is 1. The summed E-state index contributed by atoms with van der Waals surface area (Å²) in [6, 6.07) is 3.89. The maximum absolute atomic E-state index is 13.4. The van der Waals surface area contributed by atoms with Crippen LogP contribution in [0, 0.1) is 11.6 Å². The SMILES string of the molecule is COC1CCCC(NCc2cc(F)ccc2F)C1. The molecule has 100 valence electrons. The number of ether oxygens (including phenoxy) is 1.